The number of pyridine rings is 1. The maximum absolute atomic E-state index is 13.0. The molecule has 0 bridgehead atoms. The van der Waals surface area contributed by atoms with Gasteiger partial charge in [-0.05, 0) is 13.0 Å². The Bertz CT molecular complexity index is 573. The molecule has 0 atom stereocenters. The summed E-state index contributed by atoms with van der Waals surface area (Å²) in [6.45, 7) is 1.37. The van der Waals surface area contributed by atoms with Crippen LogP contribution >= 0.6 is 11.6 Å². The highest BCUT2D eigenvalue weighted by atomic mass is 35.5. The molecule has 1 heterocycles. The first-order valence-electron chi connectivity index (χ1n) is 6.05. The molecule has 0 aromatic carbocycles. The van der Waals surface area contributed by atoms with Gasteiger partial charge in [-0.15, -0.1) is 24.8 Å². The van der Waals surface area contributed by atoms with E-state index < -0.39 is 53.5 Å². The van der Waals surface area contributed by atoms with E-state index in [0.29, 0.717) is 0 Å². The minimum absolute atomic E-state index is 0.0716. The maximum Gasteiger partial charge on any atom is 0.573 e. The quantitative estimate of drug-likeness (QED) is 0.452. The molecule has 0 amide bonds. The molecule has 0 spiro atoms. The van der Waals surface area contributed by atoms with E-state index in [-0.39, 0.29) is 12.7 Å². The molecule has 11 heteroatoms. The summed E-state index contributed by atoms with van der Waals surface area (Å²) in [4.78, 5) is 14.7. The average Bonchev–Trinajstić information content (AvgIpc) is 2.37. The average molecular weight is 366 g/mol. The van der Waals surface area contributed by atoms with Crippen molar-refractivity contribution < 1.29 is 40.6 Å². The van der Waals surface area contributed by atoms with Crippen LogP contribution < -0.4 is 4.74 Å². The number of esters is 1. The molecule has 0 radical (unpaired) electrons. The van der Waals surface area contributed by atoms with Gasteiger partial charge < -0.3 is 9.47 Å². The van der Waals surface area contributed by atoms with Crippen molar-refractivity contribution in [2.75, 3.05) is 6.61 Å². The number of hydrogen-bond acceptors (Lipinski definition) is 4. The first-order chi connectivity index (χ1) is 10.5. The predicted octanol–water partition coefficient (Wildman–Crippen LogP) is 3.84. The van der Waals surface area contributed by atoms with E-state index in [4.69, 9.17) is 11.6 Å². The number of rotatable bonds is 5. The fourth-order valence-corrected chi connectivity index (χ4v) is 1.81. The van der Waals surface area contributed by atoms with Gasteiger partial charge >= 0.3 is 18.5 Å². The lowest BCUT2D eigenvalue weighted by molar-refractivity contribution is -0.275. The van der Waals surface area contributed by atoms with Gasteiger partial charge in [0.15, 0.2) is 5.75 Å². The second-order valence-corrected chi connectivity index (χ2v) is 4.36. The monoisotopic (exact) mass is 365 g/mol. The van der Waals surface area contributed by atoms with Gasteiger partial charge in [0.05, 0.1) is 35.9 Å². The number of aromatic nitrogens is 1. The number of carbonyl (C=O) groups is 1. The maximum atomic E-state index is 13.0. The van der Waals surface area contributed by atoms with Crippen LogP contribution in [0.4, 0.5) is 26.3 Å². The molecule has 130 valence electrons. The van der Waals surface area contributed by atoms with Crippen LogP contribution in [0.1, 0.15) is 23.9 Å². The molecule has 1 aromatic heterocycles. The molecule has 0 aliphatic rings. The molecule has 0 unspecified atom stereocenters. The summed E-state index contributed by atoms with van der Waals surface area (Å²) < 4.78 is 83.7. The van der Waals surface area contributed by atoms with Gasteiger partial charge in [-0.1, -0.05) is 0 Å². The van der Waals surface area contributed by atoms with Crippen LogP contribution in [0.5, 0.6) is 5.75 Å². The van der Waals surface area contributed by atoms with Crippen molar-refractivity contribution in [2.45, 2.75) is 31.8 Å². The molecule has 0 aliphatic heterocycles. The summed E-state index contributed by atoms with van der Waals surface area (Å²) in [6.07, 6.45) is -11.1. The van der Waals surface area contributed by atoms with Crippen molar-refractivity contribution in [1.82, 2.24) is 4.98 Å². The molecule has 1 aromatic rings. The number of carbonyl (C=O) groups excluding carboxylic acids is 1. The van der Waals surface area contributed by atoms with Crippen LogP contribution in [0.2, 0.25) is 0 Å². The topological polar surface area (TPSA) is 48.4 Å². The minimum atomic E-state index is -5.21. The van der Waals surface area contributed by atoms with E-state index in [1.807, 2.05) is 0 Å². The van der Waals surface area contributed by atoms with Gasteiger partial charge in [-0.2, -0.15) is 13.2 Å². The molecule has 0 saturated carbocycles. The van der Waals surface area contributed by atoms with Gasteiger partial charge in [0.1, 0.15) is 0 Å². The highest BCUT2D eigenvalue weighted by molar-refractivity contribution is 6.17. The van der Waals surface area contributed by atoms with Crippen LogP contribution in [-0.2, 0) is 28.0 Å². The zero-order valence-electron chi connectivity index (χ0n) is 11.5. The summed E-state index contributed by atoms with van der Waals surface area (Å²) in [5, 5.41) is 0. The lowest BCUT2D eigenvalue weighted by Gasteiger charge is -2.17. The zero-order chi connectivity index (χ0) is 17.8. The van der Waals surface area contributed by atoms with Crippen LogP contribution in [0, 0.1) is 0 Å². The number of ether oxygens (including phenoxy) is 2. The molecule has 0 saturated heterocycles. The van der Waals surface area contributed by atoms with Gasteiger partial charge in [-0.3, -0.25) is 9.78 Å². The first kappa shape index (κ1) is 19.3. The van der Waals surface area contributed by atoms with E-state index in [2.05, 4.69) is 14.5 Å². The highest BCUT2D eigenvalue weighted by Crippen LogP contribution is 2.37. The molecule has 0 aliphatic carbocycles. The summed E-state index contributed by atoms with van der Waals surface area (Å²) in [7, 11) is 0. The SMILES string of the molecule is CCOC(=O)Cc1nc(CCl)c(OC(F)(F)F)cc1C(F)(F)F. The second kappa shape index (κ2) is 7.24. The summed E-state index contributed by atoms with van der Waals surface area (Å²) >= 11 is 5.39. The molecule has 0 N–H and O–H groups in total. The summed E-state index contributed by atoms with van der Waals surface area (Å²) in [5.41, 5.74) is -2.89. The Morgan fingerprint density at radius 3 is 2.26 bits per heavy atom. The zero-order valence-corrected chi connectivity index (χ0v) is 12.3. The third-order valence-electron chi connectivity index (χ3n) is 2.42. The lowest BCUT2D eigenvalue weighted by Crippen LogP contribution is -2.21. The van der Waals surface area contributed by atoms with E-state index in [0.717, 1.165) is 0 Å². The Hall–Kier alpha value is -1.71. The fraction of sp³-hybridized carbons (Fsp3) is 0.500. The Labute approximate surface area is 131 Å². The molecular weight excluding hydrogens is 356 g/mol. The molecular formula is C12H10ClF6NO3. The normalized spacial score (nSPS) is 12.2. The Morgan fingerprint density at radius 1 is 1.22 bits per heavy atom. The van der Waals surface area contributed by atoms with Gasteiger partial charge in [-0.25, -0.2) is 0 Å². The number of hydrogen-bond donors (Lipinski definition) is 0. The Balaban J connectivity index is 3.36. The van der Waals surface area contributed by atoms with E-state index in [1.165, 1.54) is 6.92 Å². The van der Waals surface area contributed by atoms with Crippen LogP contribution in [0.25, 0.3) is 0 Å². The van der Waals surface area contributed by atoms with Crippen molar-refractivity contribution in [3.05, 3.63) is 23.0 Å². The predicted molar refractivity (Wildman–Crippen MR) is 65.8 cm³/mol. The van der Waals surface area contributed by atoms with Crippen molar-refractivity contribution in [2.24, 2.45) is 0 Å². The van der Waals surface area contributed by atoms with Crippen molar-refractivity contribution in [1.29, 1.82) is 0 Å². The molecule has 1 rings (SSSR count). The number of alkyl halides is 7. The third kappa shape index (κ3) is 5.77. The van der Waals surface area contributed by atoms with Crippen LogP contribution in [0.15, 0.2) is 6.07 Å². The van der Waals surface area contributed by atoms with Crippen molar-refractivity contribution in [3.8, 4) is 5.75 Å². The van der Waals surface area contributed by atoms with E-state index >= 15 is 0 Å². The van der Waals surface area contributed by atoms with Crippen LogP contribution in [-0.4, -0.2) is 23.9 Å². The third-order valence-corrected chi connectivity index (χ3v) is 2.67. The van der Waals surface area contributed by atoms with Gasteiger partial charge in [0.2, 0.25) is 0 Å². The minimum Gasteiger partial charge on any atom is -0.466 e. The largest absolute Gasteiger partial charge is 0.573 e. The first-order valence-corrected chi connectivity index (χ1v) is 6.58. The van der Waals surface area contributed by atoms with Crippen LogP contribution in [0.3, 0.4) is 0 Å². The number of nitrogens with zero attached hydrogens (tertiary/aromatic N) is 1. The van der Waals surface area contributed by atoms with Crippen molar-refractivity contribution >= 4 is 17.6 Å². The second-order valence-electron chi connectivity index (χ2n) is 4.09. The van der Waals surface area contributed by atoms with Gasteiger partial charge in [0.25, 0.3) is 0 Å². The summed E-state index contributed by atoms with van der Waals surface area (Å²) in [6, 6.07) is 0.118. The Kier molecular flexibility index (Phi) is 6.09. The fourth-order valence-electron chi connectivity index (χ4n) is 1.61. The molecule has 0 fully saturated rings. The molecule has 23 heavy (non-hydrogen) atoms. The Morgan fingerprint density at radius 2 is 1.83 bits per heavy atom. The lowest BCUT2D eigenvalue weighted by atomic mass is 10.1. The van der Waals surface area contributed by atoms with Gasteiger partial charge in [0, 0.05) is 0 Å². The smallest absolute Gasteiger partial charge is 0.466 e. The highest BCUT2D eigenvalue weighted by Gasteiger charge is 2.38. The standard InChI is InChI=1S/C12H10ClF6NO3/c1-2-22-10(21)4-7-6(11(14,15)16)3-9(8(5-13)20-7)23-12(17,18)19/h3H,2,4-5H2,1H3. The van der Waals surface area contributed by atoms with Crippen molar-refractivity contribution in [3.63, 3.8) is 0 Å². The number of halogens is 7. The van der Waals surface area contributed by atoms with E-state index in [1.54, 1.807) is 0 Å². The van der Waals surface area contributed by atoms with E-state index in [9.17, 15) is 31.1 Å². The summed E-state index contributed by atoms with van der Waals surface area (Å²) in [5.74, 6) is -2.82. The molecule has 4 nitrogen and oxygen atoms in total.